The Morgan fingerprint density at radius 3 is 2.67 bits per heavy atom. The number of esters is 1. The standard InChI is InChI=1S/C11H12O4/c1-6-4-7(12)9-10(14-6)11(2,3)5-8(13)15-9/h4H,5H2,1-3H3. The highest BCUT2D eigenvalue weighted by Gasteiger charge is 2.38. The first-order chi connectivity index (χ1) is 6.90. The molecule has 1 aliphatic heterocycles. The zero-order valence-corrected chi connectivity index (χ0v) is 8.92. The van der Waals surface area contributed by atoms with Gasteiger partial charge in [-0.3, -0.25) is 9.59 Å². The Morgan fingerprint density at radius 1 is 1.33 bits per heavy atom. The van der Waals surface area contributed by atoms with E-state index in [1.54, 1.807) is 6.92 Å². The van der Waals surface area contributed by atoms with E-state index < -0.39 is 5.41 Å². The van der Waals surface area contributed by atoms with Gasteiger partial charge in [-0.05, 0) is 6.92 Å². The molecule has 0 spiro atoms. The maximum Gasteiger partial charge on any atom is 0.312 e. The van der Waals surface area contributed by atoms with Crippen LogP contribution in [0.1, 0.15) is 31.8 Å². The molecule has 0 N–H and O–H groups in total. The lowest BCUT2D eigenvalue weighted by atomic mass is 9.84. The second-order valence-electron chi connectivity index (χ2n) is 4.41. The number of rotatable bonds is 0. The van der Waals surface area contributed by atoms with Crippen LogP contribution in [-0.2, 0) is 10.2 Å². The maximum atomic E-state index is 11.6. The van der Waals surface area contributed by atoms with Crippen LogP contribution in [0.25, 0.3) is 0 Å². The quantitative estimate of drug-likeness (QED) is 0.607. The van der Waals surface area contributed by atoms with E-state index in [4.69, 9.17) is 9.15 Å². The second kappa shape index (κ2) is 2.95. The lowest BCUT2D eigenvalue weighted by Gasteiger charge is -2.28. The van der Waals surface area contributed by atoms with E-state index in [0.717, 1.165) is 0 Å². The van der Waals surface area contributed by atoms with Gasteiger partial charge in [0.1, 0.15) is 5.76 Å². The molecule has 0 aromatic carbocycles. The predicted octanol–water partition coefficient (Wildman–Crippen LogP) is 1.53. The topological polar surface area (TPSA) is 56.5 Å². The van der Waals surface area contributed by atoms with Gasteiger partial charge in [0, 0.05) is 11.5 Å². The van der Waals surface area contributed by atoms with Gasteiger partial charge in [0.2, 0.25) is 11.2 Å². The first-order valence-electron chi connectivity index (χ1n) is 4.76. The van der Waals surface area contributed by atoms with Gasteiger partial charge in [-0.1, -0.05) is 13.8 Å². The van der Waals surface area contributed by atoms with E-state index in [0.29, 0.717) is 11.5 Å². The zero-order valence-electron chi connectivity index (χ0n) is 8.92. The van der Waals surface area contributed by atoms with Gasteiger partial charge in [0.15, 0.2) is 5.76 Å². The average molecular weight is 208 g/mol. The van der Waals surface area contributed by atoms with Gasteiger partial charge in [-0.15, -0.1) is 0 Å². The molecule has 2 rings (SSSR count). The number of carbonyl (C=O) groups excluding carboxylic acids is 1. The zero-order chi connectivity index (χ0) is 11.2. The number of fused-ring (bicyclic) bond motifs is 1. The molecular weight excluding hydrogens is 196 g/mol. The first-order valence-corrected chi connectivity index (χ1v) is 4.76. The van der Waals surface area contributed by atoms with Crippen molar-refractivity contribution in [1.29, 1.82) is 0 Å². The normalized spacial score (nSPS) is 18.2. The minimum Gasteiger partial charge on any atom is -0.462 e. The van der Waals surface area contributed by atoms with E-state index in [2.05, 4.69) is 0 Å². The molecule has 0 bridgehead atoms. The number of hydrogen-bond acceptors (Lipinski definition) is 4. The fourth-order valence-corrected chi connectivity index (χ4v) is 1.73. The van der Waals surface area contributed by atoms with Crippen molar-refractivity contribution in [2.75, 3.05) is 0 Å². The van der Waals surface area contributed by atoms with Crippen molar-refractivity contribution in [3.8, 4) is 5.75 Å². The third-order valence-corrected chi connectivity index (χ3v) is 2.44. The Bertz CT molecular complexity index is 482. The van der Waals surface area contributed by atoms with Gasteiger partial charge in [0.25, 0.3) is 0 Å². The highest BCUT2D eigenvalue weighted by Crippen LogP contribution is 2.36. The second-order valence-corrected chi connectivity index (χ2v) is 4.41. The fraction of sp³-hybridized carbons (Fsp3) is 0.455. The van der Waals surface area contributed by atoms with Crippen molar-refractivity contribution >= 4 is 5.97 Å². The summed E-state index contributed by atoms with van der Waals surface area (Å²) < 4.78 is 10.4. The van der Waals surface area contributed by atoms with Crippen molar-refractivity contribution in [3.63, 3.8) is 0 Å². The summed E-state index contributed by atoms with van der Waals surface area (Å²) in [6.45, 7) is 5.41. The molecule has 80 valence electrons. The van der Waals surface area contributed by atoms with Crippen LogP contribution < -0.4 is 10.2 Å². The van der Waals surface area contributed by atoms with Crippen LogP contribution in [-0.4, -0.2) is 5.97 Å². The Balaban J connectivity index is 2.72. The van der Waals surface area contributed by atoms with Crippen LogP contribution in [0.2, 0.25) is 0 Å². The number of hydrogen-bond donors (Lipinski definition) is 0. The molecule has 2 heterocycles. The molecule has 1 aliphatic rings. The third kappa shape index (κ3) is 1.56. The Morgan fingerprint density at radius 2 is 2.00 bits per heavy atom. The minimum atomic E-state index is -0.476. The average Bonchev–Trinajstić information content (AvgIpc) is 2.06. The van der Waals surface area contributed by atoms with E-state index in [1.807, 2.05) is 13.8 Å². The van der Waals surface area contributed by atoms with Crippen LogP contribution in [0, 0.1) is 6.92 Å². The molecule has 0 fully saturated rings. The van der Waals surface area contributed by atoms with Gasteiger partial charge >= 0.3 is 5.97 Å². The Kier molecular flexibility index (Phi) is 1.96. The molecule has 0 saturated heterocycles. The summed E-state index contributed by atoms with van der Waals surface area (Å²) in [6.07, 6.45) is 0.229. The highest BCUT2D eigenvalue weighted by molar-refractivity contribution is 5.76. The van der Waals surface area contributed by atoms with E-state index in [1.165, 1.54) is 6.07 Å². The molecule has 0 saturated carbocycles. The smallest absolute Gasteiger partial charge is 0.312 e. The van der Waals surface area contributed by atoms with Crippen LogP contribution in [0.15, 0.2) is 15.3 Å². The van der Waals surface area contributed by atoms with Crippen LogP contribution in [0.3, 0.4) is 0 Å². The summed E-state index contributed by atoms with van der Waals surface area (Å²) in [7, 11) is 0. The van der Waals surface area contributed by atoms with E-state index in [9.17, 15) is 9.59 Å². The van der Waals surface area contributed by atoms with Crippen molar-refractivity contribution < 1.29 is 13.9 Å². The molecule has 0 atom stereocenters. The van der Waals surface area contributed by atoms with Gasteiger partial charge in [-0.2, -0.15) is 0 Å². The minimum absolute atomic E-state index is 0.0434. The van der Waals surface area contributed by atoms with Crippen LogP contribution in [0.5, 0.6) is 5.75 Å². The van der Waals surface area contributed by atoms with Gasteiger partial charge < -0.3 is 9.15 Å². The first kappa shape index (κ1) is 9.96. The summed E-state index contributed by atoms with van der Waals surface area (Å²) in [5.74, 6) is 0.655. The Hall–Kier alpha value is -1.58. The molecule has 1 aromatic heterocycles. The molecular formula is C11H12O4. The van der Waals surface area contributed by atoms with Gasteiger partial charge in [0.05, 0.1) is 6.42 Å². The summed E-state index contributed by atoms with van der Waals surface area (Å²) in [4.78, 5) is 22.9. The molecule has 1 aromatic rings. The fourth-order valence-electron chi connectivity index (χ4n) is 1.73. The number of ether oxygens (including phenoxy) is 1. The lowest BCUT2D eigenvalue weighted by molar-refractivity contribution is -0.137. The summed E-state index contributed by atoms with van der Waals surface area (Å²) in [5, 5.41) is 0. The summed E-state index contributed by atoms with van der Waals surface area (Å²) in [6, 6.07) is 1.33. The van der Waals surface area contributed by atoms with Crippen molar-refractivity contribution in [1.82, 2.24) is 0 Å². The third-order valence-electron chi connectivity index (χ3n) is 2.44. The SMILES string of the molecule is Cc1cc(=O)c2c(o1)C(C)(C)CC(=O)O2. The molecule has 0 unspecified atom stereocenters. The molecule has 4 heteroatoms. The highest BCUT2D eigenvalue weighted by atomic mass is 16.5. The maximum absolute atomic E-state index is 11.6. The lowest BCUT2D eigenvalue weighted by Crippen LogP contribution is -2.33. The van der Waals surface area contributed by atoms with Crippen LogP contribution >= 0.6 is 0 Å². The molecule has 15 heavy (non-hydrogen) atoms. The van der Waals surface area contributed by atoms with Crippen LogP contribution in [0.4, 0.5) is 0 Å². The Labute approximate surface area is 86.9 Å². The predicted molar refractivity (Wildman–Crippen MR) is 53.0 cm³/mol. The van der Waals surface area contributed by atoms with Crippen molar-refractivity contribution in [3.05, 3.63) is 27.8 Å². The molecule has 0 aliphatic carbocycles. The van der Waals surface area contributed by atoms with E-state index >= 15 is 0 Å². The monoisotopic (exact) mass is 208 g/mol. The number of carbonyl (C=O) groups is 1. The van der Waals surface area contributed by atoms with Gasteiger partial charge in [-0.25, -0.2) is 0 Å². The summed E-state index contributed by atoms with van der Waals surface area (Å²) in [5.41, 5.74) is -0.773. The molecule has 0 radical (unpaired) electrons. The summed E-state index contributed by atoms with van der Waals surface area (Å²) >= 11 is 0. The van der Waals surface area contributed by atoms with Crippen molar-refractivity contribution in [2.45, 2.75) is 32.6 Å². The molecule has 0 amide bonds. The number of aryl methyl sites for hydroxylation is 1. The van der Waals surface area contributed by atoms with E-state index in [-0.39, 0.29) is 23.6 Å². The molecule has 4 nitrogen and oxygen atoms in total. The largest absolute Gasteiger partial charge is 0.462 e. The van der Waals surface area contributed by atoms with Crippen molar-refractivity contribution in [2.24, 2.45) is 0 Å².